The van der Waals surface area contributed by atoms with Gasteiger partial charge in [0.2, 0.25) is 5.91 Å². The van der Waals surface area contributed by atoms with Gasteiger partial charge < -0.3 is 10.1 Å². The molecule has 0 fully saturated rings. The number of aryl methyl sites for hydroxylation is 1. The molecule has 2 rings (SSSR count). The largest absolute Gasteiger partial charge is 0.450 e. The molecule has 9 heteroatoms. The first-order chi connectivity index (χ1) is 14.1. The molecule has 0 unspecified atom stereocenters. The van der Waals surface area contributed by atoms with Gasteiger partial charge in [-0.3, -0.25) is 9.63 Å². The van der Waals surface area contributed by atoms with Crippen molar-refractivity contribution >= 4 is 31.4 Å². The zero-order chi connectivity index (χ0) is 22.3. The third-order valence-corrected chi connectivity index (χ3v) is 7.38. The lowest BCUT2D eigenvalue weighted by Gasteiger charge is -2.22. The molecule has 0 aliphatic rings. The quantitative estimate of drug-likeness (QED) is 0.446. The number of hydrogen-bond donors (Lipinski definition) is 1. The number of carbonyl (C=O) groups excluding carboxylic acids is 2. The number of amides is 2. The van der Waals surface area contributed by atoms with Crippen molar-refractivity contribution in [2.24, 2.45) is 0 Å². The van der Waals surface area contributed by atoms with Crippen LogP contribution in [0.15, 0.2) is 29.8 Å². The molecule has 0 spiro atoms. The summed E-state index contributed by atoms with van der Waals surface area (Å²) < 4.78 is 5.36. The first-order valence-electron chi connectivity index (χ1n) is 9.85. The van der Waals surface area contributed by atoms with Gasteiger partial charge in [-0.25, -0.2) is 14.8 Å². The minimum atomic E-state index is -1.30. The van der Waals surface area contributed by atoms with Gasteiger partial charge in [-0.2, -0.15) is 0 Å². The topological polar surface area (TPSA) is 80.8 Å². The summed E-state index contributed by atoms with van der Waals surface area (Å²) in [5.74, 6) is -0.243. The molecule has 164 valence electrons. The number of rotatable bonds is 9. The van der Waals surface area contributed by atoms with E-state index in [1.165, 1.54) is 7.11 Å². The van der Waals surface area contributed by atoms with Crippen molar-refractivity contribution in [2.45, 2.75) is 45.1 Å². The van der Waals surface area contributed by atoms with Gasteiger partial charge in [0, 0.05) is 15.1 Å². The molecule has 0 bridgehead atoms. The number of nitrogens with zero attached hydrogens (tertiary/aromatic N) is 2. The van der Waals surface area contributed by atoms with Crippen molar-refractivity contribution in [3.8, 4) is 10.4 Å². The Morgan fingerprint density at radius 1 is 1.23 bits per heavy atom. The van der Waals surface area contributed by atoms with E-state index in [4.69, 9.17) is 9.57 Å². The third-order valence-electron chi connectivity index (χ3n) is 4.70. The molecule has 0 aliphatic heterocycles. The van der Waals surface area contributed by atoms with Crippen LogP contribution in [0.4, 0.5) is 4.79 Å². The van der Waals surface area contributed by atoms with Crippen LogP contribution in [0.3, 0.4) is 0 Å². The number of alkyl carbamates (subject to hydrolysis) is 1. The minimum absolute atomic E-state index is 0.0619. The number of hydroxylamine groups is 2. The van der Waals surface area contributed by atoms with Crippen LogP contribution < -0.4 is 5.32 Å². The lowest BCUT2D eigenvalue weighted by atomic mass is 10.0. The van der Waals surface area contributed by atoms with Crippen molar-refractivity contribution in [1.29, 1.82) is 0 Å². The monoisotopic (exact) mass is 449 g/mol. The van der Waals surface area contributed by atoms with Crippen LogP contribution >= 0.6 is 11.3 Å². The summed E-state index contributed by atoms with van der Waals surface area (Å²) in [7, 11) is 1.67. The lowest BCUT2D eigenvalue weighted by molar-refractivity contribution is -0.169. The molecule has 2 aromatic rings. The number of ether oxygens (including phenoxy) is 1. The maximum absolute atomic E-state index is 12.4. The molecule has 2 amide bonds. The highest BCUT2D eigenvalue weighted by atomic mass is 32.1. The Morgan fingerprint density at radius 3 is 2.43 bits per heavy atom. The number of nitrogens with one attached hydrogen (secondary N) is 1. The number of thiazole rings is 1. The van der Waals surface area contributed by atoms with E-state index in [-0.39, 0.29) is 12.3 Å². The molecule has 0 aliphatic carbocycles. The second-order valence-corrected chi connectivity index (χ2v) is 14.8. The van der Waals surface area contributed by atoms with Gasteiger partial charge >= 0.3 is 6.09 Å². The van der Waals surface area contributed by atoms with Gasteiger partial charge in [0.25, 0.3) is 0 Å². The van der Waals surface area contributed by atoms with Crippen LogP contribution in [-0.2, 0) is 14.4 Å². The van der Waals surface area contributed by atoms with Crippen molar-refractivity contribution in [1.82, 2.24) is 15.4 Å². The van der Waals surface area contributed by atoms with Crippen LogP contribution in [-0.4, -0.2) is 50.9 Å². The molecule has 1 aromatic carbocycles. The molecule has 1 aromatic heterocycles. The number of aromatic nitrogens is 1. The Balaban J connectivity index is 2.13. The molecular formula is C21H31N3O4SSi. The summed E-state index contributed by atoms with van der Waals surface area (Å²) in [6.07, 6.45) is -0.458. The average Bonchev–Trinajstić information content (AvgIpc) is 3.11. The molecule has 7 nitrogen and oxygen atoms in total. The van der Waals surface area contributed by atoms with E-state index in [0.29, 0.717) is 6.61 Å². The molecular weight excluding hydrogens is 418 g/mol. The summed E-state index contributed by atoms with van der Waals surface area (Å²) in [6.45, 7) is 9.03. The summed E-state index contributed by atoms with van der Waals surface area (Å²) in [4.78, 5) is 35.1. The fourth-order valence-electron chi connectivity index (χ4n) is 2.74. The Morgan fingerprint density at radius 2 is 1.90 bits per heavy atom. The molecule has 0 radical (unpaired) electrons. The Labute approximate surface area is 183 Å². The zero-order valence-corrected chi connectivity index (χ0v) is 20.3. The van der Waals surface area contributed by atoms with Crippen LogP contribution in [0.25, 0.3) is 10.4 Å². The Hall–Kier alpha value is -2.23. The predicted octanol–water partition coefficient (Wildman–Crippen LogP) is 4.63. The summed E-state index contributed by atoms with van der Waals surface area (Å²) in [5, 5.41) is 3.99. The van der Waals surface area contributed by atoms with Gasteiger partial charge in [0.05, 0.1) is 42.3 Å². The fraction of sp³-hybridized carbons (Fsp3) is 0.476. The standard InChI is InChI=1S/C21H31N3O4SSi/c1-15-20(29-14-22-15)17-9-7-16(8-10-17)18(13-19(25)24(2)27-3)23-21(26)28-11-12-30(4,5)6/h7-10,14,18H,11-13H2,1-6H3,(H,23,26)/t18-/m0/s1. The average molecular weight is 450 g/mol. The smallest absolute Gasteiger partial charge is 0.407 e. The van der Waals surface area contributed by atoms with E-state index in [2.05, 4.69) is 29.9 Å². The van der Waals surface area contributed by atoms with Crippen molar-refractivity contribution in [2.75, 3.05) is 20.8 Å². The SMILES string of the molecule is CON(C)C(=O)C[C@H](NC(=O)OCC[Si](C)(C)C)c1ccc(-c2scnc2C)cc1. The first kappa shape index (κ1) is 24.0. The minimum Gasteiger partial charge on any atom is -0.450 e. The van der Waals surface area contributed by atoms with Crippen molar-refractivity contribution in [3.05, 3.63) is 41.0 Å². The van der Waals surface area contributed by atoms with E-state index in [1.54, 1.807) is 18.4 Å². The second-order valence-electron chi connectivity index (χ2n) is 8.31. The molecule has 1 atom stereocenters. The van der Waals surface area contributed by atoms with Crippen molar-refractivity contribution in [3.63, 3.8) is 0 Å². The van der Waals surface area contributed by atoms with Crippen LogP contribution in [0.5, 0.6) is 0 Å². The zero-order valence-electron chi connectivity index (χ0n) is 18.5. The van der Waals surface area contributed by atoms with Gasteiger partial charge in [-0.1, -0.05) is 43.9 Å². The Bertz CT molecular complexity index is 849. The highest BCUT2D eigenvalue weighted by molar-refractivity contribution is 7.13. The van der Waals surface area contributed by atoms with Gasteiger partial charge in [0.15, 0.2) is 0 Å². The normalized spacial score (nSPS) is 12.3. The molecule has 0 saturated carbocycles. The number of benzene rings is 1. The highest BCUT2D eigenvalue weighted by Crippen LogP contribution is 2.29. The van der Waals surface area contributed by atoms with E-state index in [1.807, 2.05) is 36.7 Å². The first-order valence-corrected chi connectivity index (χ1v) is 14.4. The van der Waals surface area contributed by atoms with Gasteiger partial charge in [0.1, 0.15) is 0 Å². The fourth-order valence-corrected chi connectivity index (χ4v) is 4.26. The highest BCUT2D eigenvalue weighted by Gasteiger charge is 2.22. The van der Waals surface area contributed by atoms with Gasteiger partial charge in [-0.15, -0.1) is 11.3 Å². The van der Waals surface area contributed by atoms with Crippen LogP contribution in [0.2, 0.25) is 25.7 Å². The Kier molecular flexibility index (Phi) is 8.57. The van der Waals surface area contributed by atoms with E-state index < -0.39 is 20.2 Å². The summed E-state index contributed by atoms with van der Waals surface area (Å²) in [6, 6.07) is 8.16. The number of carbonyl (C=O) groups is 2. The van der Waals surface area contributed by atoms with Crippen molar-refractivity contribution < 1.29 is 19.2 Å². The van der Waals surface area contributed by atoms with E-state index in [0.717, 1.165) is 32.8 Å². The second kappa shape index (κ2) is 10.7. The summed E-state index contributed by atoms with van der Waals surface area (Å²) >= 11 is 1.58. The molecule has 1 N–H and O–H groups in total. The van der Waals surface area contributed by atoms with Gasteiger partial charge in [-0.05, 0) is 24.1 Å². The summed E-state index contributed by atoms with van der Waals surface area (Å²) in [5.41, 5.74) is 4.67. The molecule has 0 saturated heterocycles. The maximum Gasteiger partial charge on any atom is 0.407 e. The number of hydrogen-bond acceptors (Lipinski definition) is 6. The molecule has 1 heterocycles. The lowest BCUT2D eigenvalue weighted by Crippen LogP contribution is -2.35. The van der Waals surface area contributed by atoms with E-state index in [9.17, 15) is 9.59 Å². The molecule has 30 heavy (non-hydrogen) atoms. The third kappa shape index (κ3) is 7.23. The van der Waals surface area contributed by atoms with E-state index >= 15 is 0 Å². The van der Waals surface area contributed by atoms with Crippen LogP contribution in [0.1, 0.15) is 23.7 Å². The maximum atomic E-state index is 12.4. The van der Waals surface area contributed by atoms with Crippen LogP contribution in [0, 0.1) is 6.92 Å². The predicted molar refractivity (Wildman–Crippen MR) is 122 cm³/mol.